The zero-order valence-electron chi connectivity index (χ0n) is 28.2. The molecule has 1 atom stereocenters. The van der Waals surface area contributed by atoms with Crippen LogP contribution in [0.25, 0.3) is 11.4 Å². The van der Waals surface area contributed by atoms with Crippen molar-refractivity contribution in [3.8, 4) is 22.9 Å². The van der Waals surface area contributed by atoms with Crippen molar-refractivity contribution >= 4 is 69.8 Å². The fourth-order valence-corrected chi connectivity index (χ4v) is 5.48. The van der Waals surface area contributed by atoms with Crippen molar-refractivity contribution in [3.63, 3.8) is 0 Å². The van der Waals surface area contributed by atoms with Gasteiger partial charge in [-0.15, -0.1) is 0 Å². The van der Waals surface area contributed by atoms with Crippen LogP contribution in [0.2, 0.25) is 5.15 Å². The molecule has 0 radical (unpaired) electrons. The number of hydrogen-bond acceptors (Lipinski definition) is 10. The number of esters is 1. The molecule has 2 aromatic carbocycles. The maximum absolute atomic E-state index is 16.7. The number of anilines is 2. The molecule has 4 rings (SSSR count). The maximum Gasteiger partial charge on any atom is 0.418 e. The molecule has 4 aromatic rings. The molecule has 0 aliphatic heterocycles. The minimum atomic E-state index is -5.10. The van der Waals surface area contributed by atoms with Crippen molar-refractivity contribution in [2.75, 3.05) is 31.0 Å². The van der Waals surface area contributed by atoms with Gasteiger partial charge in [0.25, 0.3) is 9.70 Å². The van der Waals surface area contributed by atoms with Gasteiger partial charge < -0.3 is 34.9 Å². The van der Waals surface area contributed by atoms with E-state index in [9.17, 15) is 27.9 Å². The number of ether oxygens (including phenoxy) is 3. The lowest BCUT2D eigenvalue weighted by Gasteiger charge is -2.27. The van der Waals surface area contributed by atoms with Crippen molar-refractivity contribution in [1.29, 1.82) is 0 Å². The molecule has 2 heterocycles. The molecule has 0 aliphatic carbocycles. The van der Waals surface area contributed by atoms with Crippen LogP contribution in [0, 0.1) is 12.7 Å². The van der Waals surface area contributed by atoms with Crippen LogP contribution in [0.4, 0.5) is 29.1 Å². The zero-order chi connectivity index (χ0) is 39.2. The van der Waals surface area contributed by atoms with Gasteiger partial charge in [-0.05, 0) is 60.9 Å². The van der Waals surface area contributed by atoms with Gasteiger partial charge in [0.15, 0.2) is 5.82 Å². The van der Waals surface area contributed by atoms with E-state index in [4.69, 9.17) is 60.6 Å². The Hall–Kier alpha value is -4.28. The summed E-state index contributed by atoms with van der Waals surface area (Å²) in [4.78, 5) is 34.9. The predicted molar refractivity (Wildman–Crippen MR) is 192 cm³/mol. The van der Waals surface area contributed by atoms with E-state index in [0.29, 0.717) is 11.5 Å². The van der Waals surface area contributed by atoms with Gasteiger partial charge in [0.1, 0.15) is 39.4 Å². The molecule has 53 heavy (non-hydrogen) atoms. The number of aryl methyl sites for hydroxylation is 1. The van der Waals surface area contributed by atoms with Crippen LogP contribution in [0.15, 0.2) is 54.6 Å². The highest BCUT2D eigenvalue weighted by Crippen LogP contribution is 2.43. The van der Waals surface area contributed by atoms with Crippen LogP contribution >= 0.6 is 46.4 Å². The van der Waals surface area contributed by atoms with Gasteiger partial charge in [-0.1, -0.05) is 70.7 Å². The number of hydrogen-bond donors (Lipinski definition) is 3. The first kappa shape index (κ1) is 41.5. The summed E-state index contributed by atoms with van der Waals surface area (Å²) < 4.78 is 73.9. The largest absolute Gasteiger partial charge is 0.497 e. The van der Waals surface area contributed by atoms with E-state index in [-0.39, 0.29) is 31.1 Å². The molecule has 284 valence electrons. The highest BCUT2D eigenvalue weighted by molar-refractivity contribution is 6.76. The lowest BCUT2D eigenvalue weighted by atomic mass is 10.0. The van der Waals surface area contributed by atoms with E-state index < -0.39 is 67.4 Å². The minimum absolute atomic E-state index is 0.0200. The van der Waals surface area contributed by atoms with Crippen LogP contribution in [-0.4, -0.2) is 57.9 Å². The summed E-state index contributed by atoms with van der Waals surface area (Å²) in [5.74, 6) is -3.13. The number of nitrogens with zero attached hydrogens (tertiary/aromatic N) is 3. The SMILES string of the molecule is CCOC(=O)c1c(Cl)nc(-c2nc(N(Cc3ccc(OC)cc3)Cc3ccc(OC)cc3)cc(C)c2C(F)(F)F)c(F)c1NC(O)NC(=O)C(Cl)(Cl)Cl. The molecule has 0 saturated carbocycles. The standard InChI is InChI=1S/C34H31Cl4F4N5O6/c1-5-53-30(48)23-26(45-32(50)46-31(49)33(36,37)38)25(39)28(44-29(23)35)27-24(34(40,41)42)17(2)14-22(43-27)47(15-18-6-10-20(51-3)11-7-18)16-19-8-12-21(52-4)13-9-19/h6-14,32,50H,5,15-16H2,1-4H3,(H,44,45)(H,46,49). The van der Waals surface area contributed by atoms with Crippen LogP contribution in [0.5, 0.6) is 11.5 Å². The van der Waals surface area contributed by atoms with Gasteiger partial charge in [-0.2, -0.15) is 13.2 Å². The Kier molecular flexibility index (Phi) is 13.5. The topological polar surface area (TPSA) is 135 Å². The number of carbonyl (C=O) groups excluding carboxylic acids is 2. The summed E-state index contributed by atoms with van der Waals surface area (Å²) in [5.41, 5.74) is -4.15. The van der Waals surface area contributed by atoms with E-state index in [1.54, 1.807) is 53.4 Å². The summed E-state index contributed by atoms with van der Waals surface area (Å²) >= 11 is 22.9. The summed E-state index contributed by atoms with van der Waals surface area (Å²) in [6.45, 7) is 2.59. The van der Waals surface area contributed by atoms with E-state index in [2.05, 4.69) is 15.3 Å². The Morgan fingerprint density at radius 3 is 1.91 bits per heavy atom. The number of aromatic nitrogens is 2. The van der Waals surface area contributed by atoms with Crippen LogP contribution in [0.1, 0.15) is 39.5 Å². The third-order valence-corrected chi connectivity index (χ3v) is 8.27. The Balaban J connectivity index is 1.95. The first-order valence-electron chi connectivity index (χ1n) is 15.4. The number of aliphatic hydroxyl groups excluding tert-OH is 1. The predicted octanol–water partition coefficient (Wildman–Crippen LogP) is 7.84. The number of halogens is 8. The van der Waals surface area contributed by atoms with Crippen LogP contribution < -0.4 is 25.0 Å². The quantitative estimate of drug-likeness (QED) is 0.0403. The first-order chi connectivity index (χ1) is 24.9. The van der Waals surface area contributed by atoms with Crippen molar-refractivity contribution < 1.29 is 46.5 Å². The normalized spacial score (nSPS) is 12.2. The summed E-state index contributed by atoms with van der Waals surface area (Å²) in [7, 11) is 3.00. The highest BCUT2D eigenvalue weighted by atomic mass is 35.6. The number of alkyl halides is 6. The van der Waals surface area contributed by atoms with Gasteiger partial charge in [-0.25, -0.2) is 19.2 Å². The molecule has 0 saturated heterocycles. The van der Waals surface area contributed by atoms with Gasteiger partial charge >= 0.3 is 12.1 Å². The molecule has 3 N–H and O–H groups in total. The third kappa shape index (κ3) is 10.2. The molecule has 0 spiro atoms. The second-order valence-corrected chi connectivity index (χ2v) is 13.8. The molecule has 1 amide bonds. The lowest BCUT2D eigenvalue weighted by molar-refractivity contribution is -0.137. The average Bonchev–Trinajstić information content (AvgIpc) is 3.08. The van der Waals surface area contributed by atoms with Gasteiger partial charge in [0.2, 0.25) is 6.35 Å². The molecular weight excluding hydrogens is 792 g/mol. The number of aliphatic hydroxyl groups is 1. The minimum Gasteiger partial charge on any atom is -0.497 e. The second-order valence-electron chi connectivity index (χ2n) is 11.1. The fourth-order valence-electron chi connectivity index (χ4n) is 5.06. The smallest absolute Gasteiger partial charge is 0.418 e. The fraction of sp³-hybridized carbons (Fsp3) is 0.294. The summed E-state index contributed by atoms with van der Waals surface area (Å²) in [6.07, 6.45) is -7.38. The van der Waals surface area contributed by atoms with Gasteiger partial charge in [0, 0.05) is 13.1 Å². The number of rotatable bonds is 13. The van der Waals surface area contributed by atoms with Crippen LogP contribution in [0.3, 0.4) is 0 Å². The molecular formula is C34H31Cl4F4N5O6. The molecule has 2 aromatic heterocycles. The molecule has 0 bridgehead atoms. The summed E-state index contributed by atoms with van der Waals surface area (Å²) in [6, 6.07) is 15.1. The molecule has 11 nitrogen and oxygen atoms in total. The molecule has 0 aliphatic rings. The Morgan fingerprint density at radius 1 is 0.925 bits per heavy atom. The van der Waals surface area contributed by atoms with E-state index >= 15 is 4.39 Å². The number of methoxy groups -OCH3 is 2. The molecule has 0 fully saturated rings. The van der Waals surface area contributed by atoms with Crippen molar-refractivity contribution in [2.24, 2.45) is 0 Å². The second kappa shape index (κ2) is 17.2. The summed E-state index contributed by atoms with van der Waals surface area (Å²) in [5, 5.41) is 13.6. The highest BCUT2D eigenvalue weighted by Gasteiger charge is 2.40. The van der Waals surface area contributed by atoms with Crippen LogP contribution in [-0.2, 0) is 28.8 Å². The number of carbonyl (C=O) groups is 2. The zero-order valence-corrected chi connectivity index (χ0v) is 31.3. The van der Waals surface area contributed by atoms with Crippen molar-refractivity contribution in [2.45, 2.75) is 43.3 Å². The Bertz CT molecular complexity index is 1900. The molecule has 19 heteroatoms. The number of benzene rings is 2. The van der Waals surface area contributed by atoms with E-state index in [1.807, 2.05) is 5.32 Å². The number of amides is 1. The van der Waals surface area contributed by atoms with Gasteiger partial charge in [-0.3, -0.25) is 4.79 Å². The maximum atomic E-state index is 16.7. The average molecular weight is 823 g/mol. The molecule has 1 unspecified atom stereocenters. The Labute approximate surface area is 321 Å². The van der Waals surface area contributed by atoms with Gasteiger partial charge in [0.05, 0.1) is 32.1 Å². The first-order valence-corrected chi connectivity index (χ1v) is 16.9. The van der Waals surface area contributed by atoms with E-state index in [1.165, 1.54) is 27.2 Å². The van der Waals surface area contributed by atoms with Crippen molar-refractivity contribution in [1.82, 2.24) is 15.3 Å². The number of pyridine rings is 2. The Morgan fingerprint density at radius 2 is 1.45 bits per heavy atom. The van der Waals surface area contributed by atoms with Crippen molar-refractivity contribution in [3.05, 3.63) is 93.4 Å². The monoisotopic (exact) mass is 821 g/mol. The lowest BCUT2D eigenvalue weighted by Crippen LogP contribution is -2.45. The third-order valence-electron chi connectivity index (χ3n) is 7.48. The van der Waals surface area contributed by atoms with E-state index in [0.717, 1.165) is 18.1 Å². The number of nitrogens with one attached hydrogen (secondary N) is 2.